The van der Waals surface area contributed by atoms with Crippen molar-refractivity contribution in [1.82, 2.24) is 0 Å². The number of nitrogens with zero attached hydrogens (tertiary/aromatic N) is 1. The second-order valence-corrected chi connectivity index (χ2v) is 13.7. The van der Waals surface area contributed by atoms with Gasteiger partial charge >= 0.3 is 0 Å². The quantitative estimate of drug-likeness (QED) is 0.159. The Morgan fingerprint density at radius 1 is 0.245 bits per heavy atom. The lowest BCUT2D eigenvalue weighted by Gasteiger charge is -2.26. The summed E-state index contributed by atoms with van der Waals surface area (Å²) in [5.74, 6) is 0. The predicted octanol–water partition coefficient (Wildman–Crippen LogP) is 14.8. The van der Waals surface area contributed by atoms with Gasteiger partial charge in [0.05, 0.1) is 0 Å². The van der Waals surface area contributed by atoms with Crippen LogP contribution in [-0.4, -0.2) is 0 Å². The molecule has 1 nitrogen and oxygen atoms in total. The molecule has 0 aliphatic heterocycles. The molecule has 1 heteroatoms. The molecule has 10 aromatic carbocycles. The summed E-state index contributed by atoms with van der Waals surface area (Å²) >= 11 is 0. The maximum Gasteiger partial charge on any atom is 0.0462 e. The summed E-state index contributed by atoms with van der Waals surface area (Å²) in [5.41, 5.74) is 10.6. The molecule has 0 N–H and O–H groups in total. The van der Waals surface area contributed by atoms with Crippen LogP contribution < -0.4 is 4.90 Å². The largest absolute Gasteiger partial charge is 0.311 e. The highest BCUT2D eigenvalue weighted by Crippen LogP contribution is 2.43. The van der Waals surface area contributed by atoms with Gasteiger partial charge in [-0.3, -0.25) is 0 Å². The molecule has 0 aromatic heterocycles. The Labute approximate surface area is 309 Å². The van der Waals surface area contributed by atoms with Crippen LogP contribution in [0, 0.1) is 0 Å². The molecule has 0 amide bonds. The Morgan fingerprint density at radius 3 is 1.17 bits per heavy atom. The van der Waals surface area contributed by atoms with E-state index < -0.39 is 0 Å². The molecule has 0 unspecified atom stereocenters. The molecule has 248 valence electrons. The molecule has 10 aromatic rings. The van der Waals surface area contributed by atoms with Crippen LogP contribution in [0.1, 0.15) is 0 Å². The van der Waals surface area contributed by atoms with E-state index in [1.165, 1.54) is 76.5 Å². The van der Waals surface area contributed by atoms with E-state index in [1.54, 1.807) is 0 Å². The van der Waals surface area contributed by atoms with Crippen molar-refractivity contribution in [3.63, 3.8) is 0 Å². The van der Waals surface area contributed by atoms with Crippen molar-refractivity contribution >= 4 is 60.2 Å². The number of anilines is 3. The summed E-state index contributed by atoms with van der Waals surface area (Å²) in [6.45, 7) is 0. The highest BCUT2D eigenvalue weighted by atomic mass is 15.1. The van der Waals surface area contributed by atoms with Gasteiger partial charge in [-0.05, 0) is 119 Å². The highest BCUT2D eigenvalue weighted by Gasteiger charge is 2.17. The fourth-order valence-electron chi connectivity index (χ4n) is 8.03. The second kappa shape index (κ2) is 13.0. The molecular formula is C52H35N. The Morgan fingerprint density at radius 2 is 0.642 bits per heavy atom. The van der Waals surface area contributed by atoms with Gasteiger partial charge in [-0.15, -0.1) is 0 Å². The highest BCUT2D eigenvalue weighted by molar-refractivity contribution is 6.30. The summed E-state index contributed by atoms with van der Waals surface area (Å²) in [7, 11) is 0. The van der Waals surface area contributed by atoms with Crippen molar-refractivity contribution in [3.8, 4) is 33.4 Å². The topological polar surface area (TPSA) is 3.24 Å². The third-order valence-electron chi connectivity index (χ3n) is 10.6. The Balaban J connectivity index is 1.11. The van der Waals surface area contributed by atoms with Crippen molar-refractivity contribution in [3.05, 3.63) is 212 Å². The van der Waals surface area contributed by atoms with Gasteiger partial charge in [0.1, 0.15) is 0 Å². The van der Waals surface area contributed by atoms with Crippen molar-refractivity contribution in [2.45, 2.75) is 0 Å². The lowest BCUT2D eigenvalue weighted by Crippen LogP contribution is -2.09. The number of rotatable bonds is 6. The molecule has 0 fully saturated rings. The van der Waals surface area contributed by atoms with Gasteiger partial charge in [0.2, 0.25) is 0 Å². The Bertz CT molecular complexity index is 2810. The van der Waals surface area contributed by atoms with Crippen LogP contribution in [0.2, 0.25) is 0 Å². The Hall–Kier alpha value is -6.96. The van der Waals surface area contributed by atoms with E-state index in [0.29, 0.717) is 0 Å². The zero-order chi connectivity index (χ0) is 35.1. The fourth-order valence-corrected chi connectivity index (χ4v) is 8.03. The number of hydrogen-bond acceptors (Lipinski definition) is 1. The molecule has 0 spiro atoms. The second-order valence-electron chi connectivity index (χ2n) is 13.7. The van der Waals surface area contributed by atoms with Gasteiger partial charge < -0.3 is 4.90 Å². The smallest absolute Gasteiger partial charge is 0.0462 e. The summed E-state index contributed by atoms with van der Waals surface area (Å²) in [6.07, 6.45) is 0. The first-order valence-corrected chi connectivity index (χ1v) is 18.3. The van der Waals surface area contributed by atoms with E-state index in [9.17, 15) is 0 Å². The van der Waals surface area contributed by atoms with Gasteiger partial charge in [0.15, 0.2) is 0 Å². The molecule has 0 saturated carbocycles. The van der Waals surface area contributed by atoms with Gasteiger partial charge in [-0.25, -0.2) is 0 Å². The third kappa shape index (κ3) is 5.51. The average Bonchev–Trinajstić information content (AvgIpc) is 3.24. The third-order valence-corrected chi connectivity index (χ3v) is 10.6. The lowest BCUT2D eigenvalue weighted by atomic mass is 9.88. The van der Waals surface area contributed by atoms with Crippen LogP contribution in [0.25, 0.3) is 76.5 Å². The number of benzene rings is 10. The SMILES string of the molecule is c1ccc(-c2ccc(N(c3ccc(-c4ccccc4)cc3)c3ccc(-c4cc5ccc6ccccc6c5c5c4ccc4ccccc45)cc3)cc2)cc1. The van der Waals surface area contributed by atoms with E-state index in [0.717, 1.165) is 17.1 Å². The molecular weight excluding hydrogens is 639 g/mol. The fraction of sp³-hybridized carbons (Fsp3) is 0. The van der Waals surface area contributed by atoms with Gasteiger partial charge in [0, 0.05) is 17.1 Å². The monoisotopic (exact) mass is 673 g/mol. The number of fused-ring (bicyclic) bond motifs is 7. The summed E-state index contributed by atoms with van der Waals surface area (Å²) in [6, 6.07) is 77.1. The zero-order valence-corrected chi connectivity index (χ0v) is 29.2. The van der Waals surface area contributed by atoms with Gasteiger partial charge in [-0.1, -0.05) is 170 Å². The first kappa shape index (κ1) is 30.8. The molecule has 10 rings (SSSR count). The molecule has 0 heterocycles. The minimum atomic E-state index is 1.11. The normalized spacial score (nSPS) is 11.4. The summed E-state index contributed by atoms with van der Waals surface area (Å²) in [5, 5.41) is 10.3. The minimum Gasteiger partial charge on any atom is -0.311 e. The predicted molar refractivity (Wildman–Crippen MR) is 227 cm³/mol. The molecule has 0 atom stereocenters. The minimum absolute atomic E-state index is 1.11. The van der Waals surface area contributed by atoms with Crippen LogP contribution >= 0.6 is 0 Å². The first-order valence-electron chi connectivity index (χ1n) is 18.3. The van der Waals surface area contributed by atoms with Crippen molar-refractivity contribution in [2.24, 2.45) is 0 Å². The van der Waals surface area contributed by atoms with E-state index in [-0.39, 0.29) is 0 Å². The Kier molecular flexibility index (Phi) is 7.55. The van der Waals surface area contributed by atoms with E-state index in [4.69, 9.17) is 0 Å². The number of hydrogen-bond donors (Lipinski definition) is 0. The van der Waals surface area contributed by atoms with Crippen LogP contribution in [0.3, 0.4) is 0 Å². The molecule has 0 aliphatic carbocycles. The maximum absolute atomic E-state index is 2.39. The van der Waals surface area contributed by atoms with Crippen LogP contribution in [0.15, 0.2) is 212 Å². The van der Waals surface area contributed by atoms with Crippen LogP contribution in [0.5, 0.6) is 0 Å². The van der Waals surface area contributed by atoms with Crippen LogP contribution in [-0.2, 0) is 0 Å². The lowest BCUT2D eigenvalue weighted by molar-refractivity contribution is 1.28. The summed E-state index contributed by atoms with van der Waals surface area (Å²) < 4.78 is 0. The molecule has 0 saturated heterocycles. The van der Waals surface area contributed by atoms with Crippen LogP contribution in [0.4, 0.5) is 17.1 Å². The van der Waals surface area contributed by atoms with E-state index >= 15 is 0 Å². The van der Waals surface area contributed by atoms with E-state index in [2.05, 4.69) is 217 Å². The molecule has 0 aliphatic rings. The average molecular weight is 674 g/mol. The molecule has 0 bridgehead atoms. The van der Waals surface area contributed by atoms with Crippen molar-refractivity contribution in [2.75, 3.05) is 4.90 Å². The van der Waals surface area contributed by atoms with Crippen molar-refractivity contribution in [1.29, 1.82) is 0 Å². The summed E-state index contributed by atoms with van der Waals surface area (Å²) in [4.78, 5) is 2.35. The van der Waals surface area contributed by atoms with E-state index in [1.807, 2.05) is 0 Å². The van der Waals surface area contributed by atoms with Gasteiger partial charge in [0.25, 0.3) is 0 Å². The van der Waals surface area contributed by atoms with Crippen molar-refractivity contribution < 1.29 is 0 Å². The standard InChI is InChI=1S/C52H35N/c1-3-11-36(12-4-1)38-21-28-44(29-22-38)53(45-30-23-39(24-31-45)37-13-5-2-6-14-37)46-32-25-42(26-33-46)50-35-43-20-19-40-15-7-9-17-47(40)51(43)52-48-18-10-8-16-41(48)27-34-49(50)52/h1-35H. The van der Waals surface area contributed by atoms with Gasteiger partial charge in [-0.2, -0.15) is 0 Å². The maximum atomic E-state index is 2.39. The first-order chi connectivity index (χ1) is 26.3. The zero-order valence-electron chi connectivity index (χ0n) is 29.2. The molecule has 0 radical (unpaired) electrons. The molecule has 53 heavy (non-hydrogen) atoms.